The van der Waals surface area contributed by atoms with Gasteiger partial charge >= 0.3 is 0 Å². The van der Waals surface area contributed by atoms with Crippen LogP contribution in [0.4, 0.5) is 0 Å². The zero-order valence-corrected chi connectivity index (χ0v) is 15.8. The van der Waals surface area contributed by atoms with Gasteiger partial charge in [-0.2, -0.15) is 0 Å². The Hall–Kier alpha value is -1.28. The highest BCUT2D eigenvalue weighted by Gasteiger charge is 2.51. The van der Waals surface area contributed by atoms with Crippen molar-refractivity contribution in [2.45, 2.75) is 75.8 Å². The van der Waals surface area contributed by atoms with Crippen LogP contribution >= 0.6 is 0 Å². The lowest BCUT2D eigenvalue weighted by Crippen LogP contribution is -2.48. The molecule has 4 bridgehead atoms. The summed E-state index contributed by atoms with van der Waals surface area (Å²) in [4.78, 5) is 0. The highest BCUT2D eigenvalue weighted by Crippen LogP contribution is 2.61. The maximum Gasteiger partial charge on any atom is 0.0486 e. The largest absolute Gasteiger partial charge is 0.342 e. The monoisotopic (exact) mass is 346 g/mol. The number of rotatable bonds is 1. The van der Waals surface area contributed by atoms with Crippen molar-refractivity contribution in [1.82, 2.24) is 9.88 Å². The Balaban J connectivity index is 1.41. The van der Waals surface area contributed by atoms with Crippen molar-refractivity contribution in [1.29, 1.82) is 0 Å². The van der Waals surface area contributed by atoms with Crippen LogP contribution in [0.15, 0.2) is 18.2 Å². The highest BCUT2D eigenvalue weighted by molar-refractivity contribution is 5.87. The summed E-state index contributed by atoms with van der Waals surface area (Å²) >= 11 is 0. The number of fused-ring (bicyclic) bond motifs is 3. The number of nitrogens with one attached hydrogen (secondary N) is 1. The summed E-state index contributed by atoms with van der Waals surface area (Å²) < 4.78 is 2.66. The molecule has 0 amide bonds. The maximum atomic E-state index is 3.78. The zero-order valence-electron chi connectivity index (χ0n) is 15.8. The SMILES string of the molecule is c1cc2c(cc1C13CC4CC(CC(C4)C1)C3)c1c3n2CCN[C@@H]3CCC1. The van der Waals surface area contributed by atoms with Gasteiger partial charge in [-0.25, -0.2) is 0 Å². The average molecular weight is 347 g/mol. The number of hydrogen-bond acceptors (Lipinski definition) is 1. The summed E-state index contributed by atoms with van der Waals surface area (Å²) in [6, 6.07) is 8.33. The fourth-order valence-electron chi connectivity index (χ4n) is 8.31. The third-order valence-corrected chi connectivity index (χ3v) is 8.84. The van der Waals surface area contributed by atoms with Gasteiger partial charge in [0.15, 0.2) is 0 Å². The molecule has 2 aromatic rings. The quantitative estimate of drug-likeness (QED) is 0.761. The molecule has 2 nitrogen and oxygen atoms in total. The van der Waals surface area contributed by atoms with Gasteiger partial charge in [0.25, 0.3) is 0 Å². The molecule has 4 saturated carbocycles. The molecule has 2 heterocycles. The lowest BCUT2D eigenvalue weighted by molar-refractivity contribution is -0.00513. The van der Waals surface area contributed by atoms with E-state index in [0.29, 0.717) is 11.5 Å². The standard InChI is InChI=1S/C24H30N2/c1-2-19-20-11-18(24-12-15-8-16(13-24)10-17(9-15)14-24)4-5-22(20)26-7-6-25-21(3-1)23(19)26/h4-5,11,15-17,21,25H,1-3,6-10,12-14H2/t15?,16?,17?,21-,24?/m1/s1. The van der Waals surface area contributed by atoms with E-state index in [-0.39, 0.29) is 0 Å². The maximum absolute atomic E-state index is 3.78. The fourth-order valence-corrected chi connectivity index (χ4v) is 8.31. The molecule has 1 aromatic carbocycles. The lowest BCUT2D eigenvalue weighted by Gasteiger charge is -2.57. The third-order valence-electron chi connectivity index (χ3n) is 8.84. The van der Waals surface area contributed by atoms with E-state index in [4.69, 9.17) is 0 Å². The van der Waals surface area contributed by atoms with E-state index < -0.39 is 0 Å². The first-order chi connectivity index (χ1) is 12.8. The Labute approximate surface area is 156 Å². The molecule has 1 aromatic heterocycles. The molecule has 1 aliphatic heterocycles. The van der Waals surface area contributed by atoms with Gasteiger partial charge in [-0.05, 0) is 104 Å². The van der Waals surface area contributed by atoms with E-state index >= 15 is 0 Å². The smallest absolute Gasteiger partial charge is 0.0486 e. The van der Waals surface area contributed by atoms with Crippen molar-refractivity contribution in [2.24, 2.45) is 17.8 Å². The van der Waals surface area contributed by atoms with E-state index in [2.05, 4.69) is 28.1 Å². The Kier molecular flexibility index (Phi) is 2.81. The number of nitrogens with zero attached hydrogens (tertiary/aromatic N) is 1. The van der Waals surface area contributed by atoms with Crippen LogP contribution in [0, 0.1) is 17.8 Å². The zero-order chi connectivity index (χ0) is 16.9. The Bertz CT molecular complexity index is 867. The minimum absolute atomic E-state index is 0.532. The molecular formula is C24H30N2. The third kappa shape index (κ3) is 1.82. The molecular weight excluding hydrogens is 316 g/mol. The summed E-state index contributed by atoms with van der Waals surface area (Å²) in [5, 5.41) is 5.39. The summed E-state index contributed by atoms with van der Waals surface area (Å²) in [5.41, 5.74) is 7.09. The topological polar surface area (TPSA) is 17.0 Å². The van der Waals surface area contributed by atoms with E-state index in [1.807, 2.05) is 0 Å². The molecule has 6 aliphatic rings. The molecule has 4 fully saturated rings. The first-order valence-electron chi connectivity index (χ1n) is 11.2. The van der Waals surface area contributed by atoms with Crippen LogP contribution in [-0.4, -0.2) is 11.1 Å². The van der Waals surface area contributed by atoms with Crippen LogP contribution in [0.1, 0.15) is 74.2 Å². The van der Waals surface area contributed by atoms with Crippen molar-refractivity contribution >= 4 is 10.9 Å². The summed E-state index contributed by atoms with van der Waals surface area (Å²) in [6.45, 7) is 2.29. The Morgan fingerprint density at radius 3 is 2.54 bits per heavy atom. The lowest BCUT2D eigenvalue weighted by atomic mass is 9.48. The first-order valence-corrected chi connectivity index (χ1v) is 11.2. The number of aryl methyl sites for hydroxylation is 1. The first kappa shape index (κ1) is 14.7. The summed E-state index contributed by atoms with van der Waals surface area (Å²) in [6.07, 6.45) is 13.0. The predicted molar refractivity (Wildman–Crippen MR) is 105 cm³/mol. The molecule has 5 aliphatic carbocycles. The van der Waals surface area contributed by atoms with E-state index in [1.54, 1.807) is 41.5 Å². The van der Waals surface area contributed by atoms with Crippen LogP contribution in [0.3, 0.4) is 0 Å². The second-order valence-electron chi connectivity index (χ2n) is 10.3. The molecule has 1 atom stereocenters. The summed E-state index contributed by atoms with van der Waals surface area (Å²) in [7, 11) is 0. The van der Waals surface area contributed by atoms with Crippen LogP contribution in [0.5, 0.6) is 0 Å². The van der Waals surface area contributed by atoms with Crippen LogP contribution in [-0.2, 0) is 18.4 Å². The molecule has 0 saturated heterocycles. The number of hydrogen-bond donors (Lipinski definition) is 1. The minimum Gasteiger partial charge on any atom is -0.342 e. The van der Waals surface area contributed by atoms with Gasteiger partial charge in [-0.1, -0.05) is 6.07 Å². The molecule has 0 unspecified atom stereocenters. The van der Waals surface area contributed by atoms with E-state index in [1.165, 1.54) is 44.0 Å². The van der Waals surface area contributed by atoms with Crippen LogP contribution in [0.25, 0.3) is 10.9 Å². The van der Waals surface area contributed by atoms with Crippen LogP contribution < -0.4 is 5.32 Å². The normalized spacial score (nSPS) is 40.2. The van der Waals surface area contributed by atoms with Gasteiger partial charge in [0.05, 0.1) is 0 Å². The van der Waals surface area contributed by atoms with Gasteiger partial charge in [0, 0.05) is 35.7 Å². The average Bonchev–Trinajstić information content (AvgIpc) is 2.97. The van der Waals surface area contributed by atoms with E-state index in [0.717, 1.165) is 30.8 Å². The van der Waals surface area contributed by atoms with Crippen molar-refractivity contribution < 1.29 is 0 Å². The van der Waals surface area contributed by atoms with Crippen molar-refractivity contribution in [3.05, 3.63) is 35.0 Å². The Morgan fingerprint density at radius 1 is 1.00 bits per heavy atom. The second-order valence-corrected chi connectivity index (χ2v) is 10.3. The van der Waals surface area contributed by atoms with Crippen molar-refractivity contribution in [2.75, 3.05) is 6.54 Å². The molecule has 26 heavy (non-hydrogen) atoms. The Morgan fingerprint density at radius 2 is 1.77 bits per heavy atom. The van der Waals surface area contributed by atoms with Crippen molar-refractivity contribution in [3.63, 3.8) is 0 Å². The molecule has 1 N–H and O–H groups in total. The molecule has 0 radical (unpaired) electrons. The predicted octanol–water partition coefficient (Wildman–Crippen LogP) is 5.09. The van der Waals surface area contributed by atoms with Gasteiger partial charge < -0.3 is 9.88 Å². The van der Waals surface area contributed by atoms with Gasteiger partial charge in [-0.15, -0.1) is 0 Å². The number of benzene rings is 1. The second kappa shape index (κ2) is 4.95. The van der Waals surface area contributed by atoms with Gasteiger partial charge in [-0.3, -0.25) is 0 Å². The van der Waals surface area contributed by atoms with Gasteiger partial charge in [0.2, 0.25) is 0 Å². The van der Waals surface area contributed by atoms with Gasteiger partial charge in [0.1, 0.15) is 0 Å². The van der Waals surface area contributed by atoms with Crippen molar-refractivity contribution in [3.8, 4) is 0 Å². The van der Waals surface area contributed by atoms with Crippen LogP contribution in [0.2, 0.25) is 0 Å². The molecule has 8 rings (SSSR count). The highest BCUT2D eigenvalue weighted by atomic mass is 15.1. The number of aromatic nitrogens is 1. The molecule has 2 heteroatoms. The minimum atomic E-state index is 0.532. The van der Waals surface area contributed by atoms with E-state index in [9.17, 15) is 0 Å². The summed E-state index contributed by atoms with van der Waals surface area (Å²) in [5.74, 6) is 3.10. The molecule has 136 valence electrons. The fraction of sp³-hybridized carbons (Fsp3) is 0.667. The molecule has 0 spiro atoms.